The summed E-state index contributed by atoms with van der Waals surface area (Å²) >= 11 is 3.13. The summed E-state index contributed by atoms with van der Waals surface area (Å²) in [6, 6.07) is 4.07. The zero-order chi connectivity index (χ0) is 9.14. The van der Waals surface area contributed by atoms with E-state index in [9.17, 15) is 9.18 Å². The molecule has 3 heteroatoms. The molecule has 0 saturated carbocycles. The Kier molecular flexibility index (Phi) is 2.98. The van der Waals surface area contributed by atoms with Crippen LogP contribution in [-0.4, -0.2) is 5.78 Å². The second-order valence-corrected chi connectivity index (χ2v) is 3.26. The number of carbonyl (C=O) groups is 1. The number of rotatable bonds is 2. The first-order valence-electron chi connectivity index (χ1n) is 3.63. The lowest BCUT2D eigenvalue weighted by Crippen LogP contribution is -1.97. The molecule has 1 rings (SSSR count). The molecule has 0 aliphatic carbocycles. The van der Waals surface area contributed by atoms with Crippen molar-refractivity contribution in [3.63, 3.8) is 0 Å². The smallest absolute Gasteiger partial charge is 0.163 e. The van der Waals surface area contributed by atoms with E-state index in [4.69, 9.17) is 0 Å². The van der Waals surface area contributed by atoms with E-state index in [1.807, 2.05) is 0 Å². The van der Waals surface area contributed by atoms with E-state index in [1.165, 1.54) is 18.2 Å². The van der Waals surface area contributed by atoms with Gasteiger partial charge in [-0.05, 0) is 34.1 Å². The number of hydrogen-bond donors (Lipinski definition) is 0. The van der Waals surface area contributed by atoms with Crippen molar-refractivity contribution in [3.05, 3.63) is 34.1 Å². The molecule has 0 radical (unpaired) electrons. The molecular weight excluding hydrogens is 223 g/mol. The highest BCUT2D eigenvalue weighted by Crippen LogP contribution is 2.19. The molecule has 0 atom stereocenters. The summed E-state index contributed by atoms with van der Waals surface area (Å²) in [4.78, 5) is 11.2. The summed E-state index contributed by atoms with van der Waals surface area (Å²) in [7, 11) is 0. The second kappa shape index (κ2) is 3.81. The monoisotopic (exact) mass is 230 g/mol. The van der Waals surface area contributed by atoms with Crippen LogP contribution in [0.15, 0.2) is 22.7 Å². The van der Waals surface area contributed by atoms with E-state index >= 15 is 0 Å². The lowest BCUT2D eigenvalue weighted by Gasteiger charge is -2.00. The van der Waals surface area contributed by atoms with E-state index in [0.29, 0.717) is 16.5 Å². The minimum atomic E-state index is -0.338. The largest absolute Gasteiger partial charge is 0.294 e. The average molecular weight is 231 g/mol. The van der Waals surface area contributed by atoms with Crippen molar-refractivity contribution < 1.29 is 9.18 Å². The molecule has 1 aromatic rings. The minimum absolute atomic E-state index is 0.0156. The van der Waals surface area contributed by atoms with Crippen LogP contribution in [0.5, 0.6) is 0 Å². The van der Waals surface area contributed by atoms with E-state index < -0.39 is 0 Å². The van der Waals surface area contributed by atoms with Gasteiger partial charge in [0.05, 0.1) is 0 Å². The topological polar surface area (TPSA) is 17.1 Å². The first-order chi connectivity index (χ1) is 5.65. The molecule has 0 aromatic heterocycles. The fraction of sp³-hybridized carbons (Fsp3) is 0.222. The molecule has 1 nitrogen and oxygen atoms in total. The summed E-state index contributed by atoms with van der Waals surface area (Å²) < 4.78 is 13.1. The van der Waals surface area contributed by atoms with Crippen molar-refractivity contribution in [1.82, 2.24) is 0 Å². The molecule has 0 unspecified atom stereocenters. The fourth-order valence-electron chi connectivity index (χ4n) is 0.906. The van der Waals surface area contributed by atoms with Gasteiger partial charge in [0.1, 0.15) is 5.82 Å². The standard InChI is InChI=1S/C9H8BrFO/c1-2-9(12)7-4-3-6(11)5-8(7)10/h3-5H,2H2,1H3. The van der Waals surface area contributed by atoms with Gasteiger partial charge in [-0.15, -0.1) is 0 Å². The summed E-state index contributed by atoms with van der Waals surface area (Å²) in [6.45, 7) is 1.78. The second-order valence-electron chi connectivity index (χ2n) is 2.40. The van der Waals surface area contributed by atoms with Gasteiger partial charge in [0, 0.05) is 16.5 Å². The molecule has 0 saturated heterocycles. The maximum atomic E-state index is 12.6. The summed E-state index contributed by atoms with van der Waals surface area (Å²) in [5.74, 6) is -0.323. The number of halogens is 2. The van der Waals surface area contributed by atoms with Gasteiger partial charge in [-0.2, -0.15) is 0 Å². The van der Waals surface area contributed by atoms with Crippen LogP contribution in [0.25, 0.3) is 0 Å². The summed E-state index contributed by atoms with van der Waals surface area (Å²) in [5.41, 5.74) is 0.541. The molecule has 0 amide bonds. The quantitative estimate of drug-likeness (QED) is 0.714. The molecule has 0 bridgehead atoms. The fourth-order valence-corrected chi connectivity index (χ4v) is 1.48. The molecule has 0 heterocycles. The Hall–Kier alpha value is -0.700. The van der Waals surface area contributed by atoms with E-state index in [2.05, 4.69) is 15.9 Å². The molecule has 0 aliphatic heterocycles. The number of hydrogen-bond acceptors (Lipinski definition) is 1. The van der Waals surface area contributed by atoms with Crippen molar-refractivity contribution >= 4 is 21.7 Å². The average Bonchev–Trinajstić information content (AvgIpc) is 2.03. The van der Waals surface area contributed by atoms with Gasteiger partial charge in [0.25, 0.3) is 0 Å². The van der Waals surface area contributed by atoms with Crippen molar-refractivity contribution in [2.24, 2.45) is 0 Å². The van der Waals surface area contributed by atoms with E-state index in [-0.39, 0.29) is 11.6 Å². The van der Waals surface area contributed by atoms with Crippen molar-refractivity contribution in [1.29, 1.82) is 0 Å². The van der Waals surface area contributed by atoms with Gasteiger partial charge in [0.15, 0.2) is 5.78 Å². The van der Waals surface area contributed by atoms with Crippen LogP contribution in [0.2, 0.25) is 0 Å². The lowest BCUT2D eigenvalue weighted by atomic mass is 10.1. The Morgan fingerprint density at radius 2 is 2.25 bits per heavy atom. The van der Waals surface area contributed by atoms with Crippen LogP contribution < -0.4 is 0 Å². The van der Waals surface area contributed by atoms with E-state index in [0.717, 1.165) is 0 Å². The minimum Gasteiger partial charge on any atom is -0.294 e. The molecule has 0 N–H and O–H groups in total. The predicted octanol–water partition coefficient (Wildman–Crippen LogP) is 3.18. The van der Waals surface area contributed by atoms with Crippen LogP contribution in [-0.2, 0) is 0 Å². The highest BCUT2D eigenvalue weighted by atomic mass is 79.9. The Bertz CT molecular complexity index is 309. The van der Waals surface area contributed by atoms with Gasteiger partial charge < -0.3 is 0 Å². The van der Waals surface area contributed by atoms with Crippen molar-refractivity contribution in [3.8, 4) is 0 Å². The van der Waals surface area contributed by atoms with Gasteiger partial charge in [-0.3, -0.25) is 4.79 Å². The zero-order valence-electron chi connectivity index (χ0n) is 6.60. The van der Waals surface area contributed by atoms with Gasteiger partial charge in [0.2, 0.25) is 0 Å². The molecule has 1 aromatic carbocycles. The Morgan fingerprint density at radius 3 is 2.75 bits per heavy atom. The predicted molar refractivity (Wildman–Crippen MR) is 48.7 cm³/mol. The third-order valence-corrected chi connectivity index (χ3v) is 2.21. The van der Waals surface area contributed by atoms with Crippen LogP contribution in [0.4, 0.5) is 4.39 Å². The molecule has 0 spiro atoms. The Morgan fingerprint density at radius 1 is 1.58 bits per heavy atom. The summed E-state index contributed by atoms with van der Waals surface area (Å²) in [6.07, 6.45) is 0.435. The lowest BCUT2D eigenvalue weighted by molar-refractivity contribution is 0.0987. The molecule has 0 aliphatic rings. The molecule has 12 heavy (non-hydrogen) atoms. The zero-order valence-corrected chi connectivity index (χ0v) is 8.19. The molecular formula is C9H8BrFO. The number of carbonyl (C=O) groups excluding carboxylic acids is 1. The number of Topliss-reactive ketones (excluding diaryl/α,β-unsaturated/α-hetero) is 1. The third-order valence-electron chi connectivity index (χ3n) is 1.55. The first-order valence-corrected chi connectivity index (χ1v) is 4.42. The van der Waals surface area contributed by atoms with Crippen LogP contribution in [0, 0.1) is 5.82 Å². The Balaban J connectivity index is 3.09. The summed E-state index contributed by atoms with van der Waals surface area (Å²) in [5, 5.41) is 0. The van der Waals surface area contributed by atoms with Gasteiger partial charge in [-0.25, -0.2) is 4.39 Å². The SMILES string of the molecule is CCC(=O)c1ccc(F)cc1Br. The van der Waals surface area contributed by atoms with Gasteiger partial charge in [-0.1, -0.05) is 6.92 Å². The van der Waals surface area contributed by atoms with E-state index in [1.54, 1.807) is 6.92 Å². The highest BCUT2D eigenvalue weighted by Gasteiger charge is 2.07. The molecule has 64 valence electrons. The highest BCUT2D eigenvalue weighted by molar-refractivity contribution is 9.10. The van der Waals surface area contributed by atoms with Crippen LogP contribution in [0.1, 0.15) is 23.7 Å². The van der Waals surface area contributed by atoms with Crippen LogP contribution in [0.3, 0.4) is 0 Å². The van der Waals surface area contributed by atoms with Crippen LogP contribution >= 0.6 is 15.9 Å². The molecule has 0 fully saturated rings. The van der Waals surface area contributed by atoms with Crippen molar-refractivity contribution in [2.45, 2.75) is 13.3 Å². The third kappa shape index (κ3) is 1.91. The number of ketones is 1. The first kappa shape index (κ1) is 9.39. The normalized spacial score (nSPS) is 9.92. The maximum absolute atomic E-state index is 12.6. The number of benzene rings is 1. The Labute approximate surface area is 78.7 Å². The van der Waals surface area contributed by atoms with Crippen molar-refractivity contribution in [2.75, 3.05) is 0 Å². The van der Waals surface area contributed by atoms with Gasteiger partial charge >= 0.3 is 0 Å². The maximum Gasteiger partial charge on any atom is 0.163 e.